The zero-order valence-corrected chi connectivity index (χ0v) is 18.6. The summed E-state index contributed by atoms with van der Waals surface area (Å²) in [7, 11) is -4.07. The Morgan fingerprint density at radius 1 is 1.19 bits per heavy atom. The van der Waals surface area contributed by atoms with Gasteiger partial charge in [0, 0.05) is 17.3 Å². The third-order valence-corrected chi connectivity index (χ3v) is 6.44. The summed E-state index contributed by atoms with van der Waals surface area (Å²) in [6, 6.07) is 9.82. The molecule has 2 atom stereocenters. The first-order chi connectivity index (χ1) is 15.2. The van der Waals surface area contributed by atoms with Gasteiger partial charge in [0.1, 0.15) is 6.04 Å². The monoisotopic (exact) mass is 482 g/mol. The number of rotatable bonds is 9. The largest absolute Gasteiger partial charge is 0.478 e. The second kappa shape index (κ2) is 10.9. The molecule has 1 aliphatic rings. The van der Waals surface area contributed by atoms with Crippen LogP contribution in [0.1, 0.15) is 29.6 Å². The lowest BCUT2D eigenvalue weighted by atomic mass is 10.2. The molecule has 9 nitrogen and oxygen atoms in total. The van der Waals surface area contributed by atoms with Gasteiger partial charge in [-0.25, -0.2) is 13.2 Å². The summed E-state index contributed by atoms with van der Waals surface area (Å²) >= 11 is 5.82. The van der Waals surface area contributed by atoms with E-state index in [1.54, 1.807) is 0 Å². The number of carbonyl (C=O) groups excluding carboxylic acids is 1. The maximum Gasteiger partial charge on any atom is 0.335 e. The number of hydrogen-bond donors (Lipinski definition) is 3. The molecule has 1 unspecified atom stereocenters. The van der Waals surface area contributed by atoms with Gasteiger partial charge in [0.15, 0.2) is 6.29 Å². The SMILES string of the molecule is O=C(O)c1cccc(NC(=O)[C@H](COC2CCCCO2)NS(=O)(=O)c2ccc(Cl)cc2)c1. The van der Waals surface area contributed by atoms with Crippen molar-refractivity contribution in [1.29, 1.82) is 0 Å². The van der Waals surface area contributed by atoms with Crippen LogP contribution in [0.25, 0.3) is 0 Å². The number of amides is 1. The van der Waals surface area contributed by atoms with E-state index < -0.39 is 34.2 Å². The summed E-state index contributed by atoms with van der Waals surface area (Å²) in [5.41, 5.74) is 0.187. The molecule has 1 amide bonds. The van der Waals surface area contributed by atoms with Crippen LogP contribution in [0.4, 0.5) is 5.69 Å². The fourth-order valence-electron chi connectivity index (χ4n) is 3.04. The van der Waals surface area contributed by atoms with Crippen molar-refractivity contribution >= 4 is 39.2 Å². The van der Waals surface area contributed by atoms with E-state index in [1.807, 2.05) is 0 Å². The molecule has 0 aromatic heterocycles. The molecule has 3 N–H and O–H groups in total. The lowest BCUT2D eigenvalue weighted by Gasteiger charge is -2.25. The minimum absolute atomic E-state index is 0.0204. The van der Waals surface area contributed by atoms with Crippen LogP contribution in [0, 0.1) is 0 Å². The maximum atomic E-state index is 12.9. The third kappa shape index (κ3) is 6.75. The van der Waals surface area contributed by atoms with Crippen molar-refractivity contribution in [3.63, 3.8) is 0 Å². The molecule has 0 saturated carbocycles. The highest BCUT2D eigenvalue weighted by Crippen LogP contribution is 2.17. The third-order valence-electron chi connectivity index (χ3n) is 4.70. The maximum absolute atomic E-state index is 12.9. The summed E-state index contributed by atoms with van der Waals surface area (Å²) in [4.78, 5) is 24.0. The number of benzene rings is 2. The molecule has 1 saturated heterocycles. The molecule has 0 radical (unpaired) electrons. The van der Waals surface area contributed by atoms with Crippen LogP contribution in [-0.2, 0) is 24.3 Å². The van der Waals surface area contributed by atoms with Crippen molar-refractivity contribution in [2.24, 2.45) is 0 Å². The molecule has 1 aliphatic heterocycles. The van der Waals surface area contributed by atoms with Gasteiger partial charge in [0.25, 0.3) is 0 Å². The first-order valence-electron chi connectivity index (χ1n) is 9.90. The number of carboxylic acids is 1. The topological polar surface area (TPSA) is 131 Å². The van der Waals surface area contributed by atoms with Crippen molar-refractivity contribution in [1.82, 2.24) is 4.72 Å². The van der Waals surface area contributed by atoms with Crippen LogP contribution in [0.5, 0.6) is 0 Å². The van der Waals surface area contributed by atoms with E-state index in [9.17, 15) is 18.0 Å². The highest BCUT2D eigenvalue weighted by atomic mass is 35.5. The average molecular weight is 483 g/mol. The number of hydrogen-bond acceptors (Lipinski definition) is 6. The molecule has 1 fully saturated rings. The van der Waals surface area contributed by atoms with Crippen LogP contribution in [0.2, 0.25) is 5.02 Å². The second-order valence-corrected chi connectivity index (χ2v) is 9.28. The van der Waals surface area contributed by atoms with E-state index in [1.165, 1.54) is 48.5 Å². The lowest BCUT2D eigenvalue weighted by Crippen LogP contribution is -2.47. The van der Waals surface area contributed by atoms with Crippen molar-refractivity contribution in [3.8, 4) is 0 Å². The van der Waals surface area contributed by atoms with E-state index in [-0.39, 0.29) is 22.8 Å². The number of carbonyl (C=O) groups is 2. The summed E-state index contributed by atoms with van der Waals surface area (Å²) in [6.45, 7) is 0.252. The first kappa shape index (κ1) is 24.1. The normalized spacial score (nSPS) is 17.5. The number of aromatic carboxylic acids is 1. The second-order valence-electron chi connectivity index (χ2n) is 7.13. The van der Waals surface area contributed by atoms with E-state index in [2.05, 4.69) is 10.0 Å². The molecule has 2 aromatic rings. The fraction of sp³-hybridized carbons (Fsp3) is 0.333. The standard InChI is InChI=1S/C21H23ClN2O7S/c22-15-7-9-17(10-8-15)32(28,29)24-18(13-31-19-6-1-2-11-30-19)20(25)23-16-5-3-4-14(12-16)21(26)27/h3-5,7-10,12,18-19,24H,1-2,6,11,13H2,(H,23,25)(H,26,27)/t18-,19?/m0/s1. The average Bonchev–Trinajstić information content (AvgIpc) is 2.77. The van der Waals surface area contributed by atoms with E-state index >= 15 is 0 Å². The van der Waals surface area contributed by atoms with Crippen LogP contribution in [-0.4, -0.2) is 50.9 Å². The Balaban J connectivity index is 1.77. The number of halogens is 1. The fourth-order valence-corrected chi connectivity index (χ4v) is 4.34. The molecule has 0 aliphatic carbocycles. The first-order valence-corrected chi connectivity index (χ1v) is 11.8. The van der Waals surface area contributed by atoms with E-state index in [0.29, 0.717) is 18.1 Å². The predicted octanol–water partition coefficient (Wildman–Crippen LogP) is 2.87. The van der Waals surface area contributed by atoms with Gasteiger partial charge in [-0.05, 0) is 61.7 Å². The smallest absolute Gasteiger partial charge is 0.335 e. The molecule has 3 rings (SSSR count). The number of ether oxygens (including phenoxy) is 2. The molecular weight excluding hydrogens is 460 g/mol. The zero-order valence-electron chi connectivity index (χ0n) is 17.0. The Morgan fingerprint density at radius 2 is 1.94 bits per heavy atom. The summed E-state index contributed by atoms with van der Waals surface area (Å²) in [5.74, 6) is -1.86. The van der Waals surface area contributed by atoms with Gasteiger partial charge in [-0.2, -0.15) is 4.72 Å². The van der Waals surface area contributed by atoms with Gasteiger partial charge >= 0.3 is 5.97 Å². The quantitative estimate of drug-likeness (QED) is 0.500. The van der Waals surface area contributed by atoms with Crippen molar-refractivity contribution < 1.29 is 32.6 Å². The van der Waals surface area contributed by atoms with Crippen LogP contribution >= 0.6 is 11.6 Å². The molecule has 0 bridgehead atoms. The summed E-state index contributed by atoms with van der Waals surface area (Å²) in [6.07, 6.45) is 1.92. The van der Waals surface area contributed by atoms with Crippen molar-refractivity contribution in [2.75, 3.05) is 18.5 Å². The number of nitrogens with one attached hydrogen (secondary N) is 2. The van der Waals surface area contributed by atoms with Crippen molar-refractivity contribution in [3.05, 3.63) is 59.1 Å². The van der Waals surface area contributed by atoms with Crippen molar-refractivity contribution in [2.45, 2.75) is 36.5 Å². The molecule has 172 valence electrons. The van der Waals surface area contributed by atoms with Gasteiger partial charge in [-0.15, -0.1) is 0 Å². The van der Waals surface area contributed by atoms with Gasteiger partial charge < -0.3 is 19.9 Å². The number of anilines is 1. The Kier molecular flexibility index (Phi) is 8.21. The molecule has 1 heterocycles. The summed E-state index contributed by atoms with van der Waals surface area (Å²) in [5, 5.41) is 12.0. The van der Waals surface area contributed by atoms with E-state index in [4.69, 9.17) is 26.2 Å². The van der Waals surface area contributed by atoms with Crippen LogP contribution in [0.15, 0.2) is 53.4 Å². The Morgan fingerprint density at radius 3 is 2.59 bits per heavy atom. The molecular formula is C21H23ClN2O7S. The highest BCUT2D eigenvalue weighted by Gasteiger charge is 2.28. The van der Waals surface area contributed by atoms with Gasteiger partial charge in [0.2, 0.25) is 15.9 Å². The minimum atomic E-state index is -4.07. The number of sulfonamides is 1. The van der Waals surface area contributed by atoms with Gasteiger partial charge in [-0.3, -0.25) is 4.79 Å². The van der Waals surface area contributed by atoms with Gasteiger partial charge in [0.05, 0.1) is 17.1 Å². The van der Waals surface area contributed by atoms with Gasteiger partial charge in [-0.1, -0.05) is 17.7 Å². The van der Waals surface area contributed by atoms with Crippen LogP contribution < -0.4 is 10.0 Å². The Hall–Kier alpha value is -2.50. The Bertz CT molecular complexity index is 1050. The molecule has 32 heavy (non-hydrogen) atoms. The number of carboxylic acid groups (broad SMARTS) is 1. The van der Waals surface area contributed by atoms with E-state index in [0.717, 1.165) is 12.8 Å². The molecule has 11 heteroatoms. The van der Waals surface area contributed by atoms with Crippen LogP contribution in [0.3, 0.4) is 0 Å². The lowest BCUT2D eigenvalue weighted by molar-refractivity contribution is -0.166. The predicted molar refractivity (Wildman–Crippen MR) is 117 cm³/mol. The molecule has 0 spiro atoms. The minimum Gasteiger partial charge on any atom is -0.478 e. The Labute approximate surface area is 190 Å². The highest BCUT2D eigenvalue weighted by molar-refractivity contribution is 7.89. The summed E-state index contributed by atoms with van der Waals surface area (Å²) < 4.78 is 39.1. The zero-order chi connectivity index (χ0) is 23.1. The molecule has 2 aromatic carbocycles.